The molecule has 0 aliphatic carbocycles. The summed E-state index contributed by atoms with van der Waals surface area (Å²) in [6, 6.07) is 11.7. The topological polar surface area (TPSA) is 68.8 Å². The molecule has 2 amide bonds. The number of nitrogens with zero attached hydrogens (tertiary/aromatic N) is 4. The number of nitrogens with one attached hydrogen (secondary N) is 1. The lowest BCUT2D eigenvalue weighted by Crippen LogP contribution is -2.45. The highest BCUT2D eigenvalue weighted by molar-refractivity contribution is 6.03. The van der Waals surface area contributed by atoms with E-state index in [1.54, 1.807) is 11.1 Å². The Bertz CT molecular complexity index is 841. The van der Waals surface area contributed by atoms with E-state index in [0.717, 1.165) is 44.0 Å². The summed E-state index contributed by atoms with van der Waals surface area (Å²) in [5.74, 6) is -0.218. The Hall–Kier alpha value is -3.09. The summed E-state index contributed by atoms with van der Waals surface area (Å²) >= 11 is 0. The fourth-order valence-electron chi connectivity index (χ4n) is 3.93. The van der Waals surface area contributed by atoms with Crippen LogP contribution in [0.5, 0.6) is 0 Å². The van der Waals surface area contributed by atoms with Gasteiger partial charge in [0.2, 0.25) is 6.41 Å². The van der Waals surface area contributed by atoms with Gasteiger partial charge in [0.1, 0.15) is 5.69 Å². The van der Waals surface area contributed by atoms with Gasteiger partial charge in [0.05, 0.1) is 0 Å². The molecule has 3 heterocycles. The summed E-state index contributed by atoms with van der Waals surface area (Å²) in [6.45, 7) is 5.09. The first-order valence-corrected chi connectivity index (χ1v) is 10.3. The van der Waals surface area contributed by atoms with Gasteiger partial charge in [-0.15, -0.1) is 0 Å². The second kappa shape index (κ2) is 8.94. The molecule has 0 atom stereocenters. The molecule has 1 aromatic heterocycles. The van der Waals surface area contributed by atoms with Crippen LogP contribution in [-0.2, 0) is 4.79 Å². The zero-order valence-corrected chi connectivity index (χ0v) is 16.6. The maximum Gasteiger partial charge on any atom is 0.274 e. The molecule has 2 aromatic rings. The Labute approximate surface area is 171 Å². The molecule has 0 unspecified atom stereocenters. The molecule has 1 aromatic carbocycles. The van der Waals surface area contributed by atoms with Crippen molar-refractivity contribution < 1.29 is 9.59 Å². The second-order valence-electron chi connectivity index (χ2n) is 7.58. The van der Waals surface area contributed by atoms with Gasteiger partial charge >= 0.3 is 0 Å². The fourth-order valence-corrected chi connectivity index (χ4v) is 3.93. The molecule has 2 saturated heterocycles. The second-order valence-corrected chi connectivity index (χ2v) is 7.58. The predicted octanol–water partition coefficient (Wildman–Crippen LogP) is 2.60. The lowest BCUT2D eigenvalue weighted by atomic mass is 10.1. The smallest absolute Gasteiger partial charge is 0.274 e. The van der Waals surface area contributed by atoms with Crippen LogP contribution in [0, 0.1) is 0 Å². The number of pyridine rings is 1. The Balaban J connectivity index is 1.39. The maximum atomic E-state index is 12.7. The van der Waals surface area contributed by atoms with E-state index in [9.17, 15) is 9.59 Å². The van der Waals surface area contributed by atoms with Gasteiger partial charge in [-0.1, -0.05) is 0 Å². The predicted molar refractivity (Wildman–Crippen MR) is 115 cm³/mol. The standard InChI is InChI=1S/C22H27N5O2/c28-17-25-12-14-27(15-13-25)20-8-9-23-21(16-20)22(29)24-18-4-6-19(7-5-18)26-10-2-1-3-11-26/h4-9,16-17H,1-3,10-15H2,(H,24,29). The molecular formula is C22H27N5O2. The van der Waals surface area contributed by atoms with E-state index in [4.69, 9.17) is 0 Å². The van der Waals surface area contributed by atoms with Crippen LogP contribution in [0.25, 0.3) is 0 Å². The third-order valence-corrected chi connectivity index (χ3v) is 5.65. The number of rotatable bonds is 5. The summed E-state index contributed by atoms with van der Waals surface area (Å²) in [7, 11) is 0. The van der Waals surface area contributed by atoms with E-state index in [1.165, 1.54) is 24.9 Å². The first-order valence-electron chi connectivity index (χ1n) is 10.3. The third kappa shape index (κ3) is 4.67. The van der Waals surface area contributed by atoms with Crippen LogP contribution in [0.3, 0.4) is 0 Å². The van der Waals surface area contributed by atoms with Gasteiger partial charge in [-0.05, 0) is 55.7 Å². The van der Waals surface area contributed by atoms with E-state index in [2.05, 4.69) is 32.2 Å². The molecular weight excluding hydrogens is 366 g/mol. The van der Waals surface area contributed by atoms with Gasteiger partial charge < -0.3 is 20.0 Å². The molecule has 2 aliphatic rings. The number of piperazine rings is 1. The van der Waals surface area contributed by atoms with Gasteiger partial charge in [-0.3, -0.25) is 14.6 Å². The quantitative estimate of drug-likeness (QED) is 0.791. The molecule has 2 aliphatic heterocycles. The number of aromatic nitrogens is 1. The van der Waals surface area contributed by atoms with Crippen molar-refractivity contribution in [1.82, 2.24) is 9.88 Å². The number of hydrogen-bond donors (Lipinski definition) is 1. The first-order chi connectivity index (χ1) is 14.2. The Morgan fingerprint density at radius 2 is 1.55 bits per heavy atom. The van der Waals surface area contributed by atoms with E-state index in [-0.39, 0.29) is 5.91 Å². The molecule has 0 radical (unpaired) electrons. The van der Waals surface area contributed by atoms with Gasteiger partial charge in [0.25, 0.3) is 5.91 Å². The third-order valence-electron chi connectivity index (χ3n) is 5.65. The Morgan fingerprint density at radius 3 is 2.24 bits per heavy atom. The van der Waals surface area contributed by atoms with Crippen LogP contribution in [0.4, 0.5) is 17.1 Å². The summed E-state index contributed by atoms with van der Waals surface area (Å²) in [4.78, 5) is 34.1. The average Bonchev–Trinajstić information content (AvgIpc) is 2.80. The van der Waals surface area contributed by atoms with E-state index in [1.807, 2.05) is 24.3 Å². The number of amides is 2. The van der Waals surface area contributed by atoms with Crippen molar-refractivity contribution in [3.63, 3.8) is 0 Å². The van der Waals surface area contributed by atoms with Crippen molar-refractivity contribution in [2.45, 2.75) is 19.3 Å². The number of anilines is 3. The Kier molecular flexibility index (Phi) is 5.93. The minimum Gasteiger partial charge on any atom is -0.372 e. The van der Waals surface area contributed by atoms with Crippen LogP contribution in [0.15, 0.2) is 42.6 Å². The molecule has 152 valence electrons. The van der Waals surface area contributed by atoms with Crippen molar-refractivity contribution in [2.24, 2.45) is 0 Å². The highest BCUT2D eigenvalue weighted by atomic mass is 16.2. The number of benzene rings is 1. The van der Waals surface area contributed by atoms with Gasteiger partial charge in [-0.2, -0.15) is 0 Å². The lowest BCUT2D eigenvalue weighted by molar-refractivity contribution is -0.118. The normalized spacial score (nSPS) is 17.2. The largest absolute Gasteiger partial charge is 0.372 e. The van der Waals surface area contributed by atoms with Crippen molar-refractivity contribution in [3.05, 3.63) is 48.3 Å². The highest BCUT2D eigenvalue weighted by Crippen LogP contribution is 2.22. The zero-order chi connectivity index (χ0) is 20.1. The van der Waals surface area contributed by atoms with E-state index in [0.29, 0.717) is 18.8 Å². The fraction of sp³-hybridized carbons (Fsp3) is 0.409. The van der Waals surface area contributed by atoms with Gasteiger partial charge in [-0.25, -0.2) is 0 Å². The van der Waals surface area contributed by atoms with Crippen LogP contribution in [0.1, 0.15) is 29.8 Å². The minimum atomic E-state index is -0.218. The molecule has 4 rings (SSSR count). The molecule has 29 heavy (non-hydrogen) atoms. The molecule has 7 heteroatoms. The lowest BCUT2D eigenvalue weighted by Gasteiger charge is -2.34. The SMILES string of the molecule is O=CN1CCN(c2ccnc(C(=O)Nc3ccc(N4CCCCC4)cc3)c2)CC1. The zero-order valence-electron chi connectivity index (χ0n) is 16.6. The number of piperidine rings is 1. The van der Waals surface area contributed by atoms with Crippen molar-refractivity contribution in [2.75, 3.05) is 54.4 Å². The Morgan fingerprint density at radius 1 is 0.862 bits per heavy atom. The molecule has 0 spiro atoms. The van der Waals surface area contributed by atoms with Crippen molar-refractivity contribution in [3.8, 4) is 0 Å². The van der Waals surface area contributed by atoms with Crippen LogP contribution in [0.2, 0.25) is 0 Å². The molecule has 0 saturated carbocycles. The van der Waals surface area contributed by atoms with Crippen molar-refractivity contribution >= 4 is 29.4 Å². The van der Waals surface area contributed by atoms with E-state index < -0.39 is 0 Å². The molecule has 0 bridgehead atoms. The maximum absolute atomic E-state index is 12.7. The van der Waals surface area contributed by atoms with Gasteiger partial charge in [0, 0.05) is 62.5 Å². The summed E-state index contributed by atoms with van der Waals surface area (Å²) in [6.07, 6.45) is 6.34. The van der Waals surface area contributed by atoms with E-state index >= 15 is 0 Å². The number of carbonyl (C=O) groups is 2. The van der Waals surface area contributed by atoms with Crippen LogP contribution < -0.4 is 15.1 Å². The number of carbonyl (C=O) groups excluding carboxylic acids is 2. The summed E-state index contributed by atoms with van der Waals surface area (Å²) in [5.41, 5.74) is 3.32. The molecule has 7 nitrogen and oxygen atoms in total. The highest BCUT2D eigenvalue weighted by Gasteiger charge is 2.18. The minimum absolute atomic E-state index is 0.218. The van der Waals surface area contributed by atoms with Crippen LogP contribution in [-0.4, -0.2) is 61.5 Å². The van der Waals surface area contributed by atoms with Gasteiger partial charge in [0.15, 0.2) is 0 Å². The van der Waals surface area contributed by atoms with Crippen LogP contribution >= 0.6 is 0 Å². The molecule has 2 fully saturated rings. The average molecular weight is 393 g/mol. The monoisotopic (exact) mass is 393 g/mol. The number of hydrogen-bond acceptors (Lipinski definition) is 5. The summed E-state index contributed by atoms with van der Waals surface area (Å²) in [5, 5.41) is 2.94. The van der Waals surface area contributed by atoms with Crippen molar-refractivity contribution in [1.29, 1.82) is 0 Å². The summed E-state index contributed by atoms with van der Waals surface area (Å²) < 4.78 is 0. The first kappa shape index (κ1) is 19.2. The molecule has 1 N–H and O–H groups in total.